The number of hydrogen-bond acceptors (Lipinski definition) is 2. The van der Waals surface area contributed by atoms with E-state index in [1.165, 1.54) is 0 Å². The molecule has 1 atom stereocenters. The quantitative estimate of drug-likeness (QED) is 0.795. The molecule has 0 unspecified atom stereocenters. The molecule has 3 heteroatoms. The number of fused-ring (bicyclic) bond motifs is 3. The van der Waals surface area contributed by atoms with Crippen molar-refractivity contribution in [2.75, 3.05) is 0 Å². The molecule has 0 bridgehead atoms. The van der Waals surface area contributed by atoms with E-state index in [9.17, 15) is 9.90 Å². The minimum absolute atomic E-state index is 0.0215. The Morgan fingerprint density at radius 2 is 1.62 bits per heavy atom. The molecule has 0 N–H and O–H groups in total. The Labute approximate surface area is 125 Å². The molecule has 1 aliphatic rings. The number of rotatable bonds is 2. The van der Waals surface area contributed by atoms with E-state index in [1.807, 2.05) is 64.1 Å². The summed E-state index contributed by atoms with van der Waals surface area (Å²) in [5.74, 6) is -0.0215. The van der Waals surface area contributed by atoms with E-state index in [1.54, 1.807) is 0 Å². The van der Waals surface area contributed by atoms with Crippen LogP contribution in [-0.4, -0.2) is 22.5 Å². The molecule has 0 radical (unpaired) electrons. The lowest BCUT2D eigenvalue weighted by Crippen LogP contribution is -2.62. The predicted molar refractivity (Wildman–Crippen MR) is 81.6 cm³/mol. The molecule has 1 amide bonds. The Morgan fingerprint density at radius 3 is 2.24 bits per heavy atom. The van der Waals surface area contributed by atoms with Crippen LogP contribution in [0.25, 0.3) is 10.8 Å². The second-order valence-corrected chi connectivity index (χ2v) is 6.43. The third-order valence-corrected chi connectivity index (χ3v) is 4.89. The fraction of sp³-hybridized carbons (Fsp3) is 0.389. The summed E-state index contributed by atoms with van der Waals surface area (Å²) in [6.45, 7) is 7.88. The molecule has 0 aromatic heterocycles. The number of hydrogen-bond donors (Lipinski definition) is 0. The largest absolute Gasteiger partial charge is 0.802 e. The van der Waals surface area contributed by atoms with Crippen molar-refractivity contribution in [3.8, 4) is 0 Å². The molecule has 0 saturated carbocycles. The van der Waals surface area contributed by atoms with Gasteiger partial charge in [0.05, 0.1) is 23.9 Å². The maximum atomic E-state index is 13.2. The molecule has 1 aliphatic heterocycles. The van der Waals surface area contributed by atoms with Gasteiger partial charge in [-0.1, -0.05) is 36.4 Å². The molecule has 110 valence electrons. The van der Waals surface area contributed by atoms with Crippen molar-refractivity contribution < 1.29 is 14.4 Å². The van der Waals surface area contributed by atoms with Gasteiger partial charge >= 0.3 is 5.91 Å². The van der Waals surface area contributed by atoms with Crippen LogP contribution in [0.15, 0.2) is 36.4 Å². The maximum Gasteiger partial charge on any atom is 0.346 e. The van der Waals surface area contributed by atoms with E-state index in [2.05, 4.69) is 0 Å². The highest BCUT2D eigenvalue weighted by atomic mass is 16.3. The number of benzene rings is 2. The van der Waals surface area contributed by atoms with Crippen molar-refractivity contribution in [1.82, 2.24) is 0 Å². The van der Waals surface area contributed by atoms with Crippen molar-refractivity contribution in [2.45, 2.75) is 46.0 Å². The normalized spacial score (nSPS) is 20.5. The van der Waals surface area contributed by atoms with Crippen LogP contribution in [0.2, 0.25) is 0 Å². The Morgan fingerprint density at radius 1 is 1.00 bits per heavy atom. The molecule has 0 saturated heterocycles. The van der Waals surface area contributed by atoms with Crippen LogP contribution in [0.3, 0.4) is 0 Å². The van der Waals surface area contributed by atoms with Gasteiger partial charge in [0.2, 0.25) is 0 Å². The zero-order chi connectivity index (χ0) is 15.4. The second-order valence-electron chi connectivity index (χ2n) is 6.43. The molecule has 3 nitrogen and oxygen atoms in total. The van der Waals surface area contributed by atoms with E-state index in [0.29, 0.717) is 11.1 Å². The van der Waals surface area contributed by atoms with E-state index in [4.69, 9.17) is 0 Å². The van der Waals surface area contributed by atoms with Gasteiger partial charge in [-0.25, -0.2) is 4.79 Å². The molecular formula is C18H21NO2. The van der Waals surface area contributed by atoms with Crippen molar-refractivity contribution in [2.24, 2.45) is 0 Å². The average molecular weight is 283 g/mol. The Bertz CT molecular complexity index is 710. The second kappa shape index (κ2) is 4.65. The first kappa shape index (κ1) is 14.2. The summed E-state index contributed by atoms with van der Waals surface area (Å²) in [5.41, 5.74) is 1.29. The highest BCUT2D eigenvalue weighted by molar-refractivity contribution is 6.07. The van der Waals surface area contributed by atoms with E-state index < -0.39 is 6.23 Å². The van der Waals surface area contributed by atoms with E-state index >= 15 is 0 Å². The smallest absolute Gasteiger partial charge is 0.346 e. The van der Waals surface area contributed by atoms with Crippen LogP contribution in [0, 0.1) is 0 Å². The first-order valence-corrected chi connectivity index (χ1v) is 7.52. The third kappa shape index (κ3) is 1.65. The molecule has 0 fully saturated rings. The fourth-order valence-electron chi connectivity index (χ4n) is 3.87. The Balaban J connectivity index is 2.35. The van der Waals surface area contributed by atoms with Crippen molar-refractivity contribution in [3.63, 3.8) is 0 Å². The third-order valence-electron chi connectivity index (χ3n) is 4.89. The number of quaternary nitrogens is 1. The van der Waals surface area contributed by atoms with Crippen LogP contribution in [0.5, 0.6) is 0 Å². The lowest BCUT2D eigenvalue weighted by atomic mass is 10.0. The topological polar surface area (TPSA) is 40.1 Å². The van der Waals surface area contributed by atoms with Crippen LogP contribution in [0.4, 0.5) is 0 Å². The van der Waals surface area contributed by atoms with Crippen LogP contribution in [0.1, 0.15) is 49.8 Å². The van der Waals surface area contributed by atoms with Gasteiger partial charge in [-0.3, -0.25) is 4.48 Å². The first-order valence-electron chi connectivity index (χ1n) is 7.52. The fourth-order valence-corrected chi connectivity index (χ4v) is 3.87. The summed E-state index contributed by atoms with van der Waals surface area (Å²) in [4.78, 5) is 13.2. The minimum Gasteiger partial charge on any atom is -0.802 e. The molecule has 0 spiro atoms. The Hall–Kier alpha value is -1.71. The van der Waals surface area contributed by atoms with Gasteiger partial charge in [-0.2, -0.15) is 0 Å². The lowest BCUT2D eigenvalue weighted by Gasteiger charge is -2.47. The van der Waals surface area contributed by atoms with Crippen molar-refractivity contribution >= 4 is 16.7 Å². The standard InChI is InChI=1S/C18H21NO2/c1-11(2)19(12(3)4)17(20)15-10-9-13-7-5-6-8-14(13)16(15)18(19)21/h5-12,17H,1-4H3/t17-/m1/s1. The maximum absolute atomic E-state index is 13.2. The number of carbonyl (C=O) groups is 1. The van der Waals surface area contributed by atoms with Gasteiger partial charge in [0.1, 0.15) is 0 Å². The molecule has 21 heavy (non-hydrogen) atoms. The monoisotopic (exact) mass is 283 g/mol. The zero-order valence-corrected chi connectivity index (χ0v) is 13.0. The van der Waals surface area contributed by atoms with Crippen LogP contribution in [-0.2, 0) is 0 Å². The predicted octanol–water partition coefficient (Wildman–Crippen LogP) is 2.99. The van der Waals surface area contributed by atoms with Gasteiger partial charge in [-0.05, 0) is 38.5 Å². The van der Waals surface area contributed by atoms with Gasteiger partial charge in [0, 0.05) is 5.56 Å². The van der Waals surface area contributed by atoms with Crippen LogP contribution >= 0.6 is 0 Å². The summed E-state index contributed by atoms with van der Waals surface area (Å²) in [6.07, 6.45) is -1.03. The summed E-state index contributed by atoms with van der Waals surface area (Å²) >= 11 is 0. The van der Waals surface area contributed by atoms with Crippen LogP contribution < -0.4 is 5.11 Å². The summed E-state index contributed by atoms with van der Waals surface area (Å²) in [5, 5.41) is 15.0. The molecule has 3 rings (SSSR count). The lowest BCUT2D eigenvalue weighted by molar-refractivity contribution is -0.986. The highest BCUT2D eigenvalue weighted by Crippen LogP contribution is 2.44. The number of amides is 1. The van der Waals surface area contributed by atoms with E-state index in [-0.39, 0.29) is 22.5 Å². The minimum atomic E-state index is -1.03. The number of carbonyl (C=O) groups excluding carboxylic acids is 1. The van der Waals surface area contributed by atoms with Gasteiger partial charge in [0.15, 0.2) is 0 Å². The van der Waals surface area contributed by atoms with Gasteiger partial charge in [0.25, 0.3) is 0 Å². The average Bonchev–Trinajstić information content (AvgIpc) is 2.68. The van der Waals surface area contributed by atoms with Gasteiger partial charge < -0.3 is 5.11 Å². The molecular weight excluding hydrogens is 262 g/mol. The van der Waals surface area contributed by atoms with Gasteiger partial charge in [-0.15, -0.1) is 0 Å². The highest BCUT2D eigenvalue weighted by Gasteiger charge is 2.52. The first-order chi connectivity index (χ1) is 9.92. The van der Waals surface area contributed by atoms with Crippen molar-refractivity contribution in [1.29, 1.82) is 0 Å². The number of nitrogens with zero attached hydrogens (tertiary/aromatic N) is 1. The Kier molecular flexibility index (Phi) is 3.15. The summed E-state index contributed by atoms with van der Waals surface area (Å²) in [7, 11) is 0. The molecule has 0 aliphatic carbocycles. The van der Waals surface area contributed by atoms with Crippen molar-refractivity contribution in [3.05, 3.63) is 47.5 Å². The summed E-state index contributed by atoms with van der Waals surface area (Å²) < 4.78 is -0.0245. The summed E-state index contributed by atoms with van der Waals surface area (Å²) in [6, 6.07) is 11.5. The molecule has 2 aromatic carbocycles. The van der Waals surface area contributed by atoms with E-state index in [0.717, 1.165) is 10.8 Å². The zero-order valence-electron chi connectivity index (χ0n) is 13.0. The molecule has 1 heterocycles. The SMILES string of the molecule is CC(C)[N+]1(C(C)C)C(=O)c2c(ccc3ccccc23)[C@H]1[O-]. The molecule has 2 aromatic rings.